The quantitative estimate of drug-likeness (QED) is 0.647. The highest BCUT2D eigenvalue weighted by Gasteiger charge is 2.06. The van der Waals surface area contributed by atoms with E-state index in [9.17, 15) is 4.79 Å². The summed E-state index contributed by atoms with van der Waals surface area (Å²) in [6.07, 6.45) is 1.94. The Bertz CT molecular complexity index is 906. The molecule has 132 valence electrons. The van der Waals surface area contributed by atoms with Crippen molar-refractivity contribution in [3.05, 3.63) is 82.5 Å². The highest BCUT2D eigenvalue weighted by Crippen LogP contribution is 2.22. The Balaban J connectivity index is 1.61. The van der Waals surface area contributed by atoms with Crippen LogP contribution >= 0.6 is 11.6 Å². The molecule has 0 fully saturated rings. The molecule has 0 bridgehead atoms. The molecular weight excluding hydrogens is 346 g/mol. The normalized spacial score (nSPS) is 10.4. The number of hydrogen-bond acceptors (Lipinski definition) is 3. The van der Waals surface area contributed by atoms with E-state index in [1.54, 1.807) is 18.3 Å². The highest BCUT2D eigenvalue weighted by molar-refractivity contribution is 6.30. The van der Waals surface area contributed by atoms with E-state index in [0.29, 0.717) is 17.1 Å². The molecular formula is C21H20ClN3O. The molecule has 1 amide bonds. The molecule has 0 spiro atoms. The largest absolute Gasteiger partial charge is 0.340 e. The van der Waals surface area contributed by atoms with Crippen molar-refractivity contribution in [2.24, 2.45) is 0 Å². The molecule has 0 aliphatic rings. The summed E-state index contributed by atoms with van der Waals surface area (Å²) in [5.41, 5.74) is 5.01. The van der Waals surface area contributed by atoms with Gasteiger partial charge in [0.05, 0.1) is 18.3 Å². The van der Waals surface area contributed by atoms with Crippen molar-refractivity contribution in [2.75, 3.05) is 10.6 Å². The van der Waals surface area contributed by atoms with Gasteiger partial charge in [0.15, 0.2) is 0 Å². The zero-order valence-corrected chi connectivity index (χ0v) is 15.5. The summed E-state index contributed by atoms with van der Waals surface area (Å²) >= 11 is 5.85. The van der Waals surface area contributed by atoms with Crippen LogP contribution in [0, 0.1) is 13.8 Å². The Morgan fingerprint density at radius 1 is 1.04 bits per heavy atom. The Labute approximate surface area is 158 Å². The predicted octanol–water partition coefficient (Wildman–Crippen LogP) is 5.28. The minimum Gasteiger partial charge on any atom is -0.340 e. The van der Waals surface area contributed by atoms with Crippen LogP contribution in [0.1, 0.15) is 16.7 Å². The molecule has 0 saturated heterocycles. The van der Waals surface area contributed by atoms with E-state index in [2.05, 4.69) is 35.5 Å². The van der Waals surface area contributed by atoms with Gasteiger partial charge in [-0.2, -0.15) is 0 Å². The molecule has 0 atom stereocenters. The Hall–Kier alpha value is -2.85. The van der Waals surface area contributed by atoms with Gasteiger partial charge in [-0.1, -0.05) is 35.9 Å². The van der Waals surface area contributed by atoms with E-state index >= 15 is 0 Å². The zero-order chi connectivity index (χ0) is 18.5. The van der Waals surface area contributed by atoms with Crippen molar-refractivity contribution in [3.8, 4) is 0 Å². The van der Waals surface area contributed by atoms with Gasteiger partial charge in [0.25, 0.3) is 0 Å². The number of halogens is 1. The highest BCUT2D eigenvalue weighted by atomic mass is 35.5. The first-order valence-electron chi connectivity index (χ1n) is 8.35. The Morgan fingerprint density at radius 3 is 2.50 bits per heavy atom. The number of carbonyl (C=O) groups excluding carboxylic acids is 1. The zero-order valence-electron chi connectivity index (χ0n) is 14.7. The van der Waals surface area contributed by atoms with Crippen LogP contribution in [0.5, 0.6) is 0 Å². The Kier molecular flexibility index (Phi) is 5.54. The maximum Gasteiger partial charge on any atom is 0.228 e. The van der Waals surface area contributed by atoms with Crippen LogP contribution in [0.4, 0.5) is 17.2 Å². The lowest BCUT2D eigenvalue weighted by Crippen LogP contribution is -2.14. The molecule has 0 aliphatic heterocycles. The lowest BCUT2D eigenvalue weighted by Gasteiger charge is -2.11. The van der Waals surface area contributed by atoms with E-state index in [1.807, 2.05) is 36.4 Å². The van der Waals surface area contributed by atoms with Crippen LogP contribution in [0.2, 0.25) is 5.02 Å². The van der Waals surface area contributed by atoms with Crippen molar-refractivity contribution in [1.82, 2.24) is 4.98 Å². The smallest absolute Gasteiger partial charge is 0.228 e. The molecule has 1 heterocycles. The average molecular weight is 366 g/mol. The number of aromatic nitrogens is 1. The van der Waals surface area contributed by atoms with E-state index in [4.69, 9.17) is 11.6 Å². The summed E-state index contributed by atoms with van der Waals surface area (Å²) in [4.78, 5) is 16.5. The number of benzene rings is 2. The number of rotatable bonds is 5. The topological polar surface area (TPSA) is 54.0 Å². The molecule has 2 aromatic carbocycles. The number of nitrogens with zero attached hydrogens (tertiary/aromatic N) is 1. The number of hydrogen-bond donors (Lipinski definition) is 2. The van der Waals surface area contributed by atoms with Gasteiger partial charge in [0.2, 0.25) is 5.91 Å². The summed E-state index contributed by atoms with van der Waals surface area (Å²) in [5.74, 6) is 0.638. The molecule has 0 radical (unpaired) electrons. The minimum absolute atomic E-state index is 0.0932. The molecule has 3 rings (SSSR count). The molecule has 1 aromatic heterocycles. The third-order valence-electron chi connectivity index (χ3n) is 4.19. The number of pyridine rings is 1. The van der Waals surface area contributed by atoms with E-state index in [0.717, 1.165) is 17.1 Å². The van der Waals surface area contributed by atoms with Gasteiger partial charge in [0.1, 0.15) is 5.82 Å². The van der Waals surface area contributed by atoms with E-state index in [1.165, 1.54) is 11.1 Å². The van der Waals surface area contributed by atoms with Crippen molar-refractivity contribution in [3.63, 3.8) is 0 Å². The van der Waals surface area contributed by atoms with Gasteiger partial charge in [-0.15, -0.1) is 0 Å². The summed E-state index contributed by atoms with van der Waals surface area (Å²) in [6.45, 7) is 4.15. The van der Waals surface area contributed by atoms with E-state index in [-0.39, 0.29) is 5.91 Å². The Morgan fingerprint density at radius 2 is 1.81 bits per heavy atom. The first kappa shape index (κ1) is 18.0. The van der Waals surface area contributed by atoms with Gasteiger partial charge in [-0.05, 0) is 60.9 Å². The van der Waals surface area contributed by atoms with Gasteiger partial charge >= 0.3 is 0 Å². The monoisotopic (exact) mass is 365 g/mol. The van der Waals surface area contributed by atoms with Crippen LogP contribution in [0.25, 0.3) is 0 Å². The van der Waals surface area contributed by atoms with Crippen molar-refractivity contribution < 1.29 is 4.79 Å². The average Bonchev–Trinajstić information content (AvgIpc) is 2.62. The van der Waals surface area contributed by atoms with Crippen molar-refractivity contribution >= 4 is 34.7 Å². The predicted molar refractivity (Wildman–Crippen MR) is 107 cm³/mol. The number of aryl methyl sites for hydroxylation is 1. The third kappa shape index (κ3) is 4.61. The van der Waals surface area contributed by atoms with Crippen LogP contribution in [0.15, 0.2) is 60.8 Å². The first-order chi connectivity index (χ1) is 12.5. The molecule has 0 aliphatic carbocycles. The summed E-state index contributed by atoms with van der Waals surface area (Å²) in [5, 5.41) is 6.81. The maximum atomic E-state index is 12.1. The lowest BCUT2D eigenvalue weighted by atomic mass is 10.1. The van der Waals surface area contributed by atoms with Gasteiger partial charge < -0.3 is 10.6 Å². The standard InChI is InChI=1S/C21H20ClN3O/c1-14-4-3-5-19(15(14)2)25-20-11-10-18(13-23-20)24-21(26)12-16-6-8-17(22)9-7-16/h3-11,13H,12H2,1-2H3,(H,23,25)(H,24,26). The summed E-state index contributed by atoms with van der Waals surface area (Å²) in [6, 6.07) is 17.0. The van der Waals surface area contributed by atoms with E-state index < -0.39 is 0 Å². The second-order valence-corrected chi connectivity index (χ2v) is 6.59. The number of amides is 1. The van der Waals surface area contributed by atoms with Gasteiger partial charge in [-0.3, -0.25) is 4.79 Å². The van der Waals surface area contributed by atoms with Gasteiger partial charge in [0, 0.05) is 10.7 Å². The minimum atomic E-state index is -0.0932. The molecule has 5 heteroatoms. The number of anilines is 3. The second-order valence-electron chi connectivity index (χ2n) is 6.16. The fourth-order valence-electron chi connectivity index (χ4n) is 2.56. The fraction of sp³-hybridized carbons (Fsp3) is 0.143. The molecule has 2 N–H and O–H groups in total. The SMILES string of the molecule is Cc1cccc(Nc2ccc(NC(=O)Cc3ccc(Cl)cc3)cn2)c1C. The second kappa shape index (κ2) is 8.02. The van der Waals surface area contributed by atoms with Crippen molar-refractivity contribution in [1.29, 1.82) is 0 Å². The maximum absolute atomic E-state index is 12.1. The van der Waals surface area contributed by atoms with Crippen LogP contribution in [-0.2, 0) is 11.2 Å². The van der Waals surface area contributed by atoms with Crippen molar-refractivity contribution in [2.45, 2.75) is 20.3 Å². The number of carbonyl (C=O) groups is 1. The molecule has 0 unspecified atom stereocenters. The lowest BCUT2D eigenvalue weighted by molar-refractivity contribution is -0.115. The van der Waals surface area contributed by atoms with Crippen LogP contribution in [0.3, 0.4) is 0 Å². The molecule has 26 heavy (non-hydrogen) atoms. The number of nitrogens with one attached hydrogen (secondary N) is 2. The third-order valence-corrected chi connectivity index (χ3v) is 4.44. The summed E-state index contributed by atoms with van der Waals surface area (Å²) in [7, 11) is 0. The summed E-state index contributed by atoms with van der Waals surface area (Å²) < 4.78 is 0. The van der Waals surface area contributed by atoms with Crippen LogP contribution in [-0.4, -0.2) is 10.9 Å². The molecule has 0 saturated carbocycles. The van der Waals surface area contributed by atoms with Crippen LogP contribution < -0.4 is 10.6 Å². The fourth-order valence-corrected chi connectivity index (χ4v) is 2.69. The van der Waals surface area contributed by atoms with Gasteiger partial charge in [-0.25, -0.2) is 4.98 Å². The molecule has 3 aromatic rings. The first-order valence-corrected chi connectivity index (χ1v) is 8.72. The molecule has 4 nitrogen and oxygen atoms in total.